The second-order valence-corrected chi connectivity index (χ2v) is 16.9. The molecule has 6 aliphatic rings. The summed E-state index contributed by atoms with van der Waals surface area (Å²) in [4.78, 5) is 65.8. The Morgan fingerprint density at radius 1 is 0.828 bits per heavy atom. The molecule has 6 heterocycles. The molecule has 1 unspecified atom stereocenters. The predicted octanol–water partition coefficient (Wildman–Crippen LogP) is 4.89. The molecule has 1 aromatic heterocycles. The number of nitriles is 1. The van der Waals surface area contributed by atoms with Gasteiger partial charge in [-0.15, -0.1) is 0 Å². The van der Waals surface area contributed by atoms with E-state index in [-0.39, 0.29) is 54.8 Å². The van der Waals surface area contributed by atoms with E-state index in [9.17, 15) is 19.2 Å². The van der Waals surface area contributed by atoms with Crippen LogP contribution in [0.4, 0.5) is 15.9 Å². The van der Waals surface area contributed by atoms with E-state index >= 15 is 4.39 Å². The lowest BCUT2D eigenvalue weighted by atomic mass is 9.92. The van der Waals surface area contributed by atoms with Crippen molar-refractivity contribution >= 4 is 46.7 Å². The summed E-state index contributed by atoms with van der Waals surface area (Å²) in [6.07, 6.45) is 7.72. The molecular weight excluding hydrogens is 763 g/mol. The lowest BCUT2D eigenvalue weighted by Crippen LogP contribution is -2.52. The molecule has 4 fully saturated rings. The summed E-state index contributed by atoms with van der Waals surface area (Å²) in [5.74, 6) is 0.571. The largest absolute Gasteiger partial charge is 0.490 e. The molecule has 1 atom stereocenters. The fourth-order valence-corrected chi connectivity index (χ4v) is 9.93. The number of pyridine rings is 1. The van der Waals surface area contributed by atoms with Gasteiger partial charge in [-0.1, -0.05) is 11.6 Å². The number of halogens is 2. The Balaban J connectivity index is 0.731. The number of benzene rings is 2. The monoisotopic (exact) mass is 808 g/mol. The van der Waals surface area contributed by atoms with E-state index in [4.69, 9.17) is 26.6 Å². The van der Waals surface area contributed by atoms with Crippen LogP contribution >= 0.6 is 11.6 Å². The number of nitrogens with zero attached hydrogens (tertiary/aromatic N) is 7. The maximum Gasteiger partial charge on any atom is 0.256 e. The number of piperazine rings is 1. The van der Waals surface area contributed by atoms with Crippen LogP contribution in [0.25, 0.3) is 0 Å². The van der Waals surface area contributed by atoms with Gasteiger partial charge in [0.05, 0.1) is 27.9 Å². The first-order chi connectivity index (χ1) is 28.1. The maximum atomic E-state index is 15.5. The molecule has 5 aliphatic heterocycles. The van der Waals surface area contributed by atoms with Crippen LogP contribution in [0.1, 0.15) is 88.8 Å². The van der Waals surface area contributed by atoms with E-state index < -0.39 is 17.8 Å². The Hall–Kier alpha value is -5.26. The number of fused-ring (bicyclic) bond motifs is 2. The highest BCUT2D eigenvalue weighted by atomic mass is 35.5. The summed E-state index contributed by atoms with van der Waals surface area (Å²) < 4.78 is 21.6. The first kappa shape index (κ1) is 38.3. The quantitative estimate of drug-likeness (QED) is 0.313. The number of amides is 4. The first-order valence-corrected chi connectivity index (χ1v) is 20.8. The molecule has 302 valence electrons. The van der Waals surface area contributed by atoms with Crippen LogP contribution in [0.5, 0.6) is 5.75 Å². The second-order valence-electron chi connectivity index (χ2n) is 16.5. The fourth-order valence-electron chi connectivity index (χ4n) is 9.71. The highest BCUT2D eigenvalue weighted by molar-refractivity contribution is 6.31. The van der Waals surface area contributed by atoms with Crippen molar-refractivity contribution in [2.24, 2.45) is 5.92 Å². The Morgan fingerprint density at radius 3 is 2.28 bits per heavy atom. The summed E-state index contributed by atoms with van der Waals surface area (Å²) in [7, 11) is 0. The van der Waals surface area contributed by atoms with E-state index in [0.717, 1.165) is 82.6 Å². The molecule has 1 aliphatic carbocycles. The van der Waals surface area contributed by atoms with Crippen molar-refractivity contribution in [2.45, 2.75) is 82.6 Å². The van der Waals surface area contributed by atoms with Crippen molar-refractivity contribution in [1.29, 1.82) is 5.26 Å². The van der Waals surface area contributed by atoms with Crippen LogP contribution in [0, 0.1) is 23.1 Å². The number of carbonyl (C=O) groups is 4. The van der Waals surface area contributed by atoms with Crippen molar-refractivity contribution < 1.29 is 28.3 Å². The molecule has 15 heteroatoms. The smallest absolute Gasteiger partial charge is 0.256 e. The van der Waals surface area contributed by atoms with Gasteiger partial charge in [0.1, 0.15) is 29.5 Å². The van der Waals surface area contributed by atoms with Gasteiger partial charge in [0.2, 0.25) is 11.8 Å². The van der Waals surface area contributed by atoms with E-state index in [1.165, 1.54) is 11.0 Å². The van der Waals surface area contributed by atoms with Crippen molar-refractivity contribution in [3.63, 3.8) is 0 Å². The van der Waals surface area contributed by atoms with Gasteiger partial charge in [0.15, 0.2) is 0 Å². The number of nitrogens with one attached hydrogen (secondary N) is 1. The van der Waals surface area contributed by atoms with Crippen LogP contribution in [0.2, 0.25) is 5.02 Å². The van der Waals surface area contributed by atoms with E-state index in [1.807, 2.05) is 4.90 Å². The van der Waals surface area contributed by atoms with E-state index in [2.05, 4.69) is 32.2 Å². The molecule has 58 heavy (non-hydrogen) atoms. The Kier molecular flexibility index (Phi) is 10.4. The lowest BCUT2D eigenvalue weighted by molar-refractivity contribution is -0.136. The first-order valence-electron chi connectivity index (χ1n) is 20.5. The van der Waals surface area contributed by atoms with Gasteiger partial charge in [0.25, 0.3) is 11.8 Å². The van der Waals surface area contributed by atoms with Crippen LogP contribution < -0.4 is 19.9 Å². The molecule has 4 amide bonds. The molecule has 0 radical (unpaired) electrons. The lowest BCUT2D eigenvalue weighted by Gasteiger charge is -2.40. The summed E-state index contributed by atoms with van der Waals surface area (Å²) in [6.45, 7) is 6.59. The minimum atomic E-state index is -0.728. The third-order valence-electron chi connectivity index (χ3n) is 13.0. The molecule has 13 nitrogen and oxygen atoms in total. The van der Waals surface area contributed by atoms with E-state index in [0.29, 0.717) is 58.7 Å². The third kappa shape index (κ3) is 7.46. The molecule has 3 saturated heterocycles. The summed E-state index contributed by atoms with van der Waals surface area (Å²) in [5, 5.41) is 11.8. The minimum Gasteiger partial charge on any atom is -0.490 e. The number of rotatable bonds is 8. The SMILES string of the molecule is N#Cc1ccc(O[C@H]2CC[C@H](N3Cc4cc(N5CCC(CN6CCN(c7cc8c(cc7F)C(=O)N(C7CCC(=O)NC7=O)C8)CC6)CC5)ncc4C3=O)CC2)cc1Cl. The van der Waals surface area contributed by atoms with Crippen LogP contribution in [-0.4, -0.2) is 107 Å². The third-order valence-corrected chi connectivity index (χ3v) is 13.3. The highest BCUT2D eigenvalue weighted by Crippen LogP contribution is 2.36. The summed E-state index contributed by atoms with van der Waals surface area (Å²) in [6, 6.07) is 11.8. The van der Waals surface area contributed by atoms with Gasteiger partial charge in [-0.3, -0.25) is 29.4 Å². The van der Waals surface area contributed by atoms with Crippen molar-refractivity contribution in [2.75, 3.05) is 55.6 Å². The van der Waals surface area contributed by atoms with Crippen molar-refractivity contribution in [3.05, 3.63) is 81.3 Å². The van der Waals surface area contributed by atoms with Gasteiger partial charge in [0, 0.05) is 89.2 Å². The Bertz CT molecular complexity index is 2190. The van der Waals surface area contributed by atoms with Gasteiger partial charge in [-0.05, 0) is 92.3 Å². The van der Waals surface area contributed by atoms with Gasteiger partial charge < -0.3 is 24.3 Å². The average molecular weight is 809 g/mol. The summed E-state index contributed by atoms with van der Waals surface area (Å²) in [5.41, 5.74) is 3.65. The molecule has 2 aromatic carbocycles. The second kappa shape index (κ2) is 15.8. The zero-order chi connectivity index (χ0) is 40.1. The zero-order valence-corrected chi connectivity index (χ0v) is 33.1. The number of imide groups is 1. The molecule has 9 rings (SSSR count). The number of hydrogen-bond acceptors (Lipinski definition) is 10. The molecular formula is C43H46ClFN8O5. The molecule has 0 bridgehead atoms. The number of aromatic nitrogens is 1. The molecule has 1 saturated carbocycles. The number of hydrogen-bond donors (Lipinski definition) is 1. The normalized spacial score (nSPS) is 24.2. The number of ether oxygens (including phenoxy) is 1. The zero-order valence-electron chi connectivity index (χ0n) is 32.3. The predicted molar refractivity (Wildman–Crippen MR) is 213 cm³/mol. The standard InChI is InChI=1S/C43H46ClFN8O5/c44-35-19-32(4-1-27(35)21-46)58-31-5-2-30(3-6-31)52-24-29-18-39(47-22-34(29)43(52)57)51-11-9-26(10-12-51)23-49-13-15-50(16-14-49)38-17-28-25-53(42(56)33(28)20-36(38)45)37-7-8-40(54)48-41(37)55/h1,4,17-20,22,26,30-31,37H,2-3,5-16,23-25H2,(H,48,54,55)/t30-,31-,37?. The van der Waals surface area contributed by atoms with Crippen molar-refractivity contribution in [1.82, 2.24) is 25.0 Å². The Morgan fingerprint density at radius 2 is 1.55 bits per heavy atom. The summed E-state index contributed by atoms with van der Waals surface area (Å²) >= 11 is 6.19. The van der Waals surface area contributed by atoms with Gasteiger partial charge in [-0.25, -0.2) is 9.37 Å². The van der Waals surface area contributed by atoms with Gasteiger partial charge in [-0.2, -0.15) is 5.26 Å². The van der Waals surface area contributed by atoms with Crippen LogP contribution in [0.15, 0.2) is 42.6 Å². The van der Waals surface area contributed by atoms with Gasteiger partial charge >= 0.3 is 0 Å². The minimum absolute atomic E-state index is 0.0400. The number of carbonyl (C=O) groups excluding carboxylic acids is 4. The fraction of sp³-hybridized carbons (Fsp3) is 0.488. The number of anilines is 2. The topological polar surface area (TPSA) is 142 Å². The van der Waals surface area contributed by atoms with Crippen LogP contribution in [-0.2, 0) is 22.7 Å². The Labute approximate surface area is 341 Å². The number of piperidine rings is 2. The average Bonchev–Trinajstić information content (AvgIpc) is 3.73. The molecule has 0 spiro atoms. The maximum absolute atomic E-state index is 15.5. The molecule has 3 aromatic rings. The van der Waals surface area contributed by atoms with Crippen molar-refractivity contribution in [3.8, 4) is 11.8 Å². The van der Waals surface area contributed by atoms with E-state index in [1.54, 1.807) is 30.5 Å². The highest BCUT2D eigenvalue weighted by Gasteiger charge is 2.40. The van der Waals surface area contributed by atoms with Crippen LogP contribution in [0.3, 0.4) is 0 Å². The molecule has 1 N–H and O–H groups in total.